The first-order valence-corrected chi connectivity index (χ1v) is 5.38. The maximum absolute atomic E-state index is 10.7. The van der Waals surface area contributed by atoms with Crippen LogP contribution in [-0.4, -0.2) is 114 Å². The smallest absolute Gasteiger partial charge is 0.398 e. The molecule has 0 aliphatic carbocycles. The van der Waals surface area contributed by atoms with E-state index in [1.807, 2.05) is 0 Å². The predicted molar refractivity (Wildman–Crippen MR) is 78.0 cm³/mol. The number of carbonyl (C=O) groups is 1. The zero-order valence-electron chi connectivity index (χ0n) is 13.2. The van der Waals surface area contributed by atoms with Gasteiger partial charge in [-0.05, 0) is 0 Å². The molecule has 0 aromatic rings. The van der Waals surface area contributed by atoms with Crippen LogP contribution in [0.2, 0.25) is 0 Å². The Morgan fingerprint density at radius 2 is 0.667 bits per heavy atom. The topological polar surface area (TPSA) is 185 Å². The van der Waals surface area contributed by atoms with Gasteiger partial charge in [-0.15, -0.1) is 0 Å². The summed E-state index contributed by atoms with van der Waals surface area (Å²) >= 11 is 0. The summed E-state index contributed by atoms with van der Waals surface area (Å²) in [5.41, 5.74) is 0. The van der Waals surface area contributed by atoms with Crippen LogP contribution in [0.1, 0.15) is 0 Å². The molecular formula is C5H20B4F4N2O9. The summed E-state index contributed by atoms with van der Waals surface area (Å²) < 4.78 is 40.4. The number of amides is 2. The van der Waals surface area contributed by atoms with Crippen LogP contribution >= 0.6 is 0 Å². The van der Waals surface area contributed by atoms with Crippen molar-refractivity contribution >= 4 is 35.6 Å². The first-order chi connectivity index (χ1) is 10.5. The first kappa shape index (κ1) is 34.3. The maximum Gasteiger partial charge on any atom is 0.674 e. The standard InChI is InChI=1S/C5H12N2O.4BFH2O2/c1-6(2)5(8)7(3)4;4*2-1(3)4/h1-4H3;4*3-4H. The van der Waals surface area contributed by atoms with E-state index in [-0.39, 0.29) is 6.03 Å². The normalized spacial score (nSPS) is 7.33. The minimum Gasteiger partial charge on any atom is -0.398 e. The van der Waals surface area contributed by atoms with E-state index in [2.05, 4.69) is 0 Å². The van der Waals surface area contributed by atoms with Crippen molar-refractivity contribution in [2.24, 2.45) is 0 Å². The number of halogens is 4. The van der Waals surface area contributed by atoms with Crippen LogP contribution in [0.15, 0.2) is 0 Å². The van der Waals surface area contributed by atoms with Crippen LogP contribution < -0.4 is 0 Å². The summed E-state index contributed by atoms with van der Waals surface area (Å²) in [7, 11) is -3.77. The molecule has 0 fully saturated rings. The largest absolute Gasteiger partial charge is 0.674 e. The van der Waals surface area contributed by atoms with Gasteiger partial charge in [0.2, 0.25) is 0 Å². The molecular weight excluding hydrogens is 351 g/mol. The Kier molecular flexibility index (Phi) is 34.6. The zero-order chi connectivity index (χ0) is 21.0. The van der Waals surface area contributed by atoms with Gasteiger partial charge in [0.25, 0.3) is 0 Å². The van der Waals surface area contributed by atoms with Crippen LogP contribution in [0.3, 0.4) is 0 Å². The first-order valence-electron chi connectivity index (χ1n) is 5.38. The van der Waals surface area contributed by atoms with Crippen LogP contribution in [0, 0.1) is 0 Å². The van der Waals surface area contributed by atoms with Gasteiger partial charge in [0.1, 0.15) is 0 Å². The fourth-order valence-corrected chi connectivity index (χ4v) is 0.400. The van der Waals surface area contributed by atoms with E-state index in [1.54, 1.807) is 28.2 Å². The zero-order valence-corrected chi connectivity index (χ0v) is 13.2. The van der Waals surface area contributed by atoms with Gasteiger partial charge in [-0.25, -0.2) is 4.79 Å². The van der Waals surface area contributed by atoms with E-state index >= 15 is 0 Å². The lowest BCUT2D eigenvalue weighted by atomic mass is 10.3. The molecule has 0 atom stereocenters. The van der Waals surface area contributed by atoms with Crippen molar-refractivity contribution in [1.82, 2.24) is 9.80 Å². The minimum atomic E-state index is -2.67. The SMILES string of the molecule is CN(C)C(=O)N(C)C.OB(O)F.OB(O)F.OB(O)F.OB(O)F. The lowest BCUT2D eigenvalue weighted by Gasteiger charge is -2.16. The summed E-state index contributed by atoms with van der Waals surface area (Å²) in [6.07, 6.45) is 0. The van der Waals surface area contributed by atoms with Gasteiger partial charge in [0.15, 0.2) is 0 Å². The Morgan fingerprint density at radius 3 is 0.667 bits per heavy atom. The van der Waals surface area contributed by atoms with Crippen LogP contribution in [0.25, 0.3) is 0 Å². The van der Waals surface area contributed by atoms with Crippen molar-refractivity contribution in [3.8, 4) is 0 Å². The molecule has 0 rings (SSSR count). The van der Waals surface area contributed by atoms with Crippen molar-refractivity contribution < 1.29 is 62.2 Å². The van der Waals surface area contributed by atoms with Crippen molar-refractivity contribution in [1.29, 1.82) is 0 Å². The highest BCUT2D eigenvalue weighted by Gasteiger charge is 2.02. The summed E-state index contributed by atoms with van der Waals surface area (Å²) in [4.78, 5) is 13.8. The molecule has 0 aromatic carbocycles. The number of hydrogen-bond acceptors (Lipinski definition) is 9. The Bertz CT molecular complexity index is 211. The molecule has 0 bridgehead atoms. The minimum absolute atomic E-state index is 0.0185. The molecule has 0 spiro atoms. The van der Waals surface area contributed by atoms with Crippen molar-refractivity contribution in [3.63, 3.8) is 0 Å². The molecule has 2 amide bonds. The molecule has 8 N–H and O–H groups in total. The molecule has 144 valence electrons. The van der Waals surface area contributed by atoms with E-state index in [9.17, 15) is 22.1 Å². The number of hydrogen-bond donors (Lipinski definition) is 8. The number of nitrogens with zero attached hydrogens (tertiary/aromatic N) is 2. The van der Waals surface area contributed by atoms with Crippen LogP contribution in [-0.2, 0) is 0 Å². The summed E-state index contributed by atoms with van der Waals surface area (Å²) in [5.74, 6) is 0. The number of rotatable bonds is 0. The molecule has 24 heavy (non-hydrogen) atoms. The van der Waals surface area contributed by atoms with Crippen molar-refractivity contribution in [2.45, 2.75) is 0 Å². The quantitative estimate of drug-likeness (QED) is 0.155. The fourth-order valence-electron chi connectivity index (χ4n) is 0.400. The van der Waals surface area contributed by atoms with Gasteiger partial charge in [0, 0.05) is 28.2 Å². The highest BCUT2D eigenvalue weighted by atomic mass is 19.1. The lowest BCUT2D eigenvalue weighted by Crippen LogP contribution is -2.33. The van der Waals surface area contributed by atoms with Gasteiger partial charge in [-0.2, -0.15) is 0 Å². The highest BCUT2D eigenvalue weighted by Crippen LogP contribution is 1.83. The number of carbonyl (C=O) groups excluding carboxylic acids is 1. The molecule has 0 saturated heterocycles. The second kappa shape index (κ2) is 24.2. The average molecular weight is 371 g/mol. The Morgan fingerprint density at radius 1 is 0.583 bits per heavy atom. The van der Waals surface area contributed by atoms with Gasteiger partial charge in [-0.3, -0.25) is 17.3 Å². The Balaban J connectivity index is -0.0000000657. The molecule has 0 unspecified atom stereocenters. The molecule has 0 aliphatic heterocycles. The molecule has 0 radical (unpaired) electrons. The second-order valence-corrected chi connectivity index (χ2v) is 3.31. The van der Waals surface area contributed by atoms with Crippen LogP contribution in [0.5, 0.6) is 0 Å². The predicted octanol–water partition coefficient (Wildman–Crippen LogP) is -4.07. The number of urea groups is 1. The Hall–Kier alpha value is -1.07. The van der Waals surface area contributed by atoms with Crippen molar-refractivity contribution in [3.05, 3.63) is 0 Å². The summed E-state index contributed by atoms with van der Waals surface area (Å²) in [6.45, 7) is 0. The summed E-state index contributed by atoms with van der Waals surface area (Å²) in [5, 5.41) is 55.6. The highest BCUT2D eigenvalue weighted by molar-refractivity contribution is 6.32. The molecule has 19 heteroatoms. The third kappa shape index (κ3) is 173. The maximum atomic E-state index is 10.7. The van der Waals surface area contributed by atoms with Gasteiger partial charge in [-0.1, -0.05) is 0 Å². The Labute approximate surface area is 137 Å². The molecule has 0 saturated carbocycles. The monoisotopic (exact) mass is 372 g/mol. The molecule has 0 aromatic heterocycles. The van der Waals surface area contributed by atoms with Crippen molar-refractivity contribution in [2.75, 3.05) is 28.2 Å². The lowest BCUT2D eigenvalue weighted by molar-refractivity contribution is 0.191. The fraction of sp³-hybridized carbons (Fsp3) is 0.800. The van der Waals surface area contributed by atoms with E-state index in [1.165, 1.54) is 9.80 Å². The van der Waals surface area contributed by atoms with E-state index in [0.29, 0.717) is 0 Å². The molecule has 0 heterocycles. The summed E-state index contributed by atoms with van der Waals surface area (Å²) in [6, 6.07) is 0.0185. The van der Waals surface area contributed by atoms with E-state index < -0.39 is 29.6 Å². The van der Waals surface area contributed by atoms with Gasteiger partial charge < -0.3 is 50.0 Å². The van der Waals surface area contributed by atoms with Gasteiger partial charge in [0.05, 0.1) is 0 Å². The third-order valence-electron chi connectivity index (χ3n) is 0.765. The average Bonchev–Trinajstić information content (AvgIpc) is 2.24. The van der Waals surface area contributed by atoms with E-state index in [0.717, 1.165) is 0 Å². The molecule has 11 nitrogen and oxygen atoms in total. The second-order valence-electron chi connectivity index (χ2n) is 3.31. The van der Waals surface area contributed by atoms with Crippen LogP contribution in [0.4, 0.5) is 22.1 Å². The molecule has 0 aliphatic rings. The van der Waals surface area contributed by atoms with Gasteiger partial charge >= 0.3 is 35.6 Å². The van der Waals surface area contributed by atoms with E-state index in [4.69, 9.17) is 40.2 Å². The third-order valence-corrected chi connectivity index (χ3v) is 0.765.